The van der Waals surface area contributed by atoms with Crippen LogP contribution in [0.3, 0.4) is 0 Å². The Morgan fingerprint density at radius 3 is 1.46 bits per heavy atom. The fraction of sp³-hybridized carbons (Fsp3) is 0.280. The van der Waals surface area contributed by atoms with Crippen molar-refractivity contribution in [3.63, 3.8) is 0 Å². The molecule has 3 aromatic carbocycles. The minimum Gasteiger partial charge on any atom is -0.507 e. The third kappa shape index (κ3) is 2.91. The van der Waals surface area contributed by atoms with Crippen LogP contribution >= 0.6 is 0 Å². The van der Waals surface area contributed by atoms with Gasteiger partial charge in [0.1, 0.15) is 17.2 Å². The first kappa shape index (κ1) is 19.8. The highest BCUT2D eigenvalue weighted by Crippen LogP contribution is 2.46. The predicted octanol–water partition coefficient (Wildman–Crippen LogP) is 6.30. The summed E-state index contributed by atoms with van der Waals surface area (Å²) in [6.45, 7) is 13.4. The second kappa shape index (κ2) is 6.90. The van der Waals surface area contributed by atoms with Crippen LogP contribution in [0.25, 0.3) is 22.3 Å². The molecule has 0 unspecified atom stereocenters. The Morgan fingerprint density at radius 2 is 0.929 bits per heavy atom. The summed E-state index contributed by atoms with van der Waals surface area (Å²) in [7, 11) is 0. The maximum Gasteiger partial charge on any atom is 0.126 e. The first-order chi connectivity index (χ1) is 13.1. The third-order valence-corrected chi connectivity index (χ3v) is 6.05. The van der Waals surface area contributed by atoms with Gasteiger partial charge in [-0.3, -0.25) is 0 Å². The van der Waals surface area contributed by atoms with Gasteiger partial charge in [-0.05, 0) is 116 Å². The van der Waals surface area contributed by atoms with Crippen LogP contribution in [0.5, 0.6) is 17.2 Å². The lowest BCUT2D eigenvalue weighted by molar-refractivity contribution is 0.465. The minimum absolute atomic E-state index is 0.243. The normalized spacial score (nSPS) is 11.1. The summed E-state index contributed by atoms with van der Waals surface area (Å²) in [5.41, 5.74) is 9.54. The Hall–Kier alpha value is -2.94. The highest BCUT2D eigenvalue weighted by atomic mass is 16.3. The average Bonchev–Trinajstić information content (AvgIpc) is 2.66. The summed E-state index contributed by atoms with van der Waals surface area (Å²) in [6, 6.07) is 7.85. The fourth-order valence-corrected chi connectivity index (χ4v) is 3.87. The maximum atomic E-state index is 11.0. The fourth-order valence-electron chi connectivity index (χ4n) is 3.87. The number of benzene rings is 3. The quantitative estimate of drug-likeness (QED) is 0.492. The molecule has 28 heavy (non-hydrogen) atoms. The Bertz CT molecular complexity index is 1110. The van der Waals surface area contributed by atoms with Crippen LogP contribution in [0.1, 0.15) is 38.9 Å². The molecule has 0 radical (unpaired) electrons. The monoisotopic (exact) mass is 376 g/mol. The van der Waals surface area contributed by atoms with Crippen molar-refractivity contribution in [3.8, 4) is 39.5 Å². The molecule has 0 aromatic heterocycles. The molecule has 3 heteroatoms. The zero-order valence-electron chi connectivity index (χ0n) is 17.7. The molecule has 0 saturated heterocycles. The summed E-state index contributed by atoms with van der Waals surface area (Å²) >= 11 is 0. The van der Waals surface area contributed by atoms with Gasteiger partial charge in [0.2, 0.25) is 0 Å². The summed E-state index contributed by atoms with van der Waals surface area (Å²) in [5, 5.41) is 31.7. The predicted molar refractivity (Wildman–Crippen MR) is 115 cm³/mol. The minimum atomic E-state index is 0.243. The molecule has 0 bridgehead atoms. The Balaban J connectivity index is 2.46. The summed E-state index contributed by atoms with van der Waals surface area (Å²) < 4.78 is 0. The van der Waals surface area contributed by atoms with Gasteiger partial charge in [0, 0.05) is 5.56 Å². The lowest BCUT2D eigenvalue weighted by Gasteiger charge is -2.21. The zero-order chi connectivity index (χ0) is 20.9. The molecular weight excluding hydrogens is 348 g/mol. The van der Waals surface area contributed by atoms with Crippen LogP contribution < -0.4 is 0 Å². The third-order valence-electron chi connectivity index (χ3n) is 6.05. The average molecular weight is 376 g/mol. The molecule has 146 valence electrons. The zero-order valence-corrected chi connectivity index (χ0v) is 17.7. The lowest BCUT2D eigenvalue weighted by Crippen LogP contribution is -1.97. The second-order valence-electron chi connectivity index (χ2n) is 7.83. The number of phenolic OH excluding ortho intramolecular Hbond substituents is 3. The van der Waals surface area contributed by atoms with Crippen LogP contribution in [-0.2, 0) is 0 Å². The number of aromatic hydroxyl groups is 3. The number of rotatable bonds is 2. The van der Waals surface area contributed by atoms with E-state index in [9.17, 15) is 15.3 Å². The van der Waals surface area contributed by atoms with Gasteiger partial charge in [-0.15, -0.1) is 0 Å². The molecule has 3 nitrogen and oxygen atoms in total. The van der Waals surface area contributed by atoms with E-state index in [1.54, 1.807) is 0 Å². The molecule has 0 fully saturated rings. The van der Waals surface area contributed by atoms with E-state index in [1.807, 2.05) is 72.7 Å². The van der Waals surface area contributed by atoms with Gasteiger partial charge in [0.05, 0.1) is 0 Å². The standard InChI is InChI=1S/C25H28O3/c1-12-8-9-19(20-10-13(2)23(26)17(6)15(20)4)22(25(12)28)21-11-14(3)24(27)18(7)16(21)5/h8-11,26-28H,1-7H3. The molecular formula is C25H28O3. The molecule has 3 rings (SSSR count). The molecule has 0 aliphatic heterocycles. The smallest absolute Gasteiger partial charge is 0.126 e. The van der Waals surface area contributed by atoms with Crippen molar-refractivity contribution >= 4 is 0 Å². The number of hydrogen-bond acceptors (Lipinski definition) is 3. The van der Waals surface area contributed by atoms with E-state index >= 15 is 0 Å². The molecule has 0 atom stereocenters. The van der Waals surface area contributed by atoms with E-state index in [0.717, 1.165) is 61.2 Å². The van der Waals surface area contributed by atoms with Gasteiger partial charge >= 0.3 is 0 Å². The molecule has 3 aromatic rings. The van der Waals surface area contributed by atoms with Gasteiger partial charge in [-0.1, -0.05) is 12.1 Å². The van der Waals surface area contributed by atoms with Gasteiger partial charge in [-0.2, -0.15) is 0 Å². The molecule has 0 heterocycles. The van der Waals surface area contributed by atoms with Crippen molar-refractivity contribution in [3.05, 3.63) is 63.2 Å². The molecule has 0 aliphatic carbocycles. The van der Waals surface area contributed by atoms with E-state index in [1.165, 1.54) is 0 Å². The highest BCUT2D eigenvalue weighted by molar-refractivity contribution is 5.92. The molecule has 0 saturated carbocycles. The summed E-state index contributed by atoms with van der Waals surface area (Å²) in [6.07, 6.45) is 0. The SMILES string of the molecule is Cc1cc(-c2ccc(C)c(O)c2-c2cc(C)c(O)c(C)c2C)c(C)c(C)c1O. The molecule has 0 spiro atoms. The Labute approximate surface area is 166 Å². The van der Waals surface area contributed by atoms with Crippen LogP contribution in [0, 0.1) is 48.5 Å². The molecule has 0 aliphatic rings. The molecule has 3 N–H and O–H groups in total. The topological polar surface area (TPSA) is 60.7 Å². The van der Waals surface area contributed by atoms with E-state index in [-0.39, 0.29) is 5.75 Å². The largest absolute Gasteiger partial charge is 0.507 e. The number of phenols is 3. The number of hydrogen-bond donors (Lipinski definition) is 3. The van der Waals surface area contributed by atoms with E-state index in [2.05, 4.69) is 0 Å². The van der Waals surface area contributed by atoms with Crippen LogP contribution in [0.15, 0.2) is 24.3 Å². The molecule has 0 amide bonds. The summed E-state index contributed by atoms with van der Waals surface area (Å²) in [4.78, 5) is 0. The Morgan fingerprint density at radius 1 is 0.464 bits per heavy atom. The summed E-state index contributed by atoms with van der Waals surface area (Å²) in [5.74, 6) is 0.849. The van der Waals surface area contributed by atoms with Crippen molar-refractivity contribution in [2.75, 3.05) is 0 Å². The van der Waals surface area contributed by atoms with Gasteiger partial charge in [-0.25, -0.2) is 0 Å². The van der Waals surface area contributed by atoms with E-state index in [4.69, 9.17) is 0 Å². The van der Waals surface area contributed by atoms with Gasteiger partial charge < -0.3 is 15.3 Å². The highest BCUT2D eigenvalue weighted by Gasteiger charge is 2.21. The van der Waals surface area contributed by atoms with Crippen LogP contribution in [-0.4, -0.2) is 15.3 Å². The van der Waals surface area contributed by atoms with Crippen molar-refractivity contribution < 1.29 is 15.3 Å². The van der Waals surface area contributed by atoms with E-state index < -0.39 is 0 Å². The lowest BCUT2D eigenvalue weighted by atomic mass is 9.84. The first-order valence-corrected chi connectivity index (χ1v) is 9.49. The van der Waals surface area contributed by atoms with Crippen molar-refractivity contribution in [1.82, 2.24) is 0 Å². The van der Waals surface area contributed by atoms with Crippen LogP contribution in [0.2, 0.25) is 0 Å². The second-order valence-corrected chi connectivity index (χ2v) is 7.83. The van der Waals surface area contributed by atoms with E-state index in [0.29, 0.717) is 11.5 Å². The number of aryl methyl sites for hydroxylation is 3. The first-order valence-electron chi connectivity index (χ1n) is 9.49. The maximum absolute atomic E-state index is 11.0. The van der Waals surface area contributed by atoms with Gasteiger partial charge in [0.15, 0.2) is 0 Å². The van der Waals surface area contributed by atoms with Gasteiger partial charge in [0.25, 0.3) is 0 Å². The van der Waals surface area contributed by atoms with Crippen LogP contribution in [0.4, 0.5) is 0 Å². The van der Waals surface area contributed by atoms with Crippen molar-refractivity contribution in [2.45, 2.75) is 48.5 Å². The van der Waals surface area contributed by atoms with Crippen molar-refractivity contribution in [2.24, 2.45) is 0 Å². The van der Waals surface area contributed by atoms with Crippen molar-refractivity contribution in [1.29, 1.82) is 0 Å². The Kier molecular flexibility index (Phi) is 4.88.